The van der Waals surface area contributed by atoms with E-state index in [4.69, 9.17) is 14.6 Å². The van der Waals surface area contributed by atoms with E-state index in [1.807, 2.05) is 0 Å². The Morgan fingerprint density at radius 1 is 1.08 bits per heavy atom. The first kappa shape index (κ1) is 18.3. The van der Waals surface area contributed by atoms with Gasteiger partial charge in [-0.25, -0.2) is 0 Å². The van der Waals surface area contributed by atoms with Gasteiger partial charge in [0.05, 0.1) is 25.7 Å². The number of carboxylic acids is 1. The second-order valence-electron chi connectivity index (χ2n) is 5.66. The average molecular weight is 343 g/mol. The summed E-state index contributed by atoms with van der Waals surface area (Å²) in [7, 11) is 3.03. The van der Waals surface area contributed by atoms with Crippen molar-refractivity contribution in [3.63, 3.8) is 0 Å². The van der Waals surface area contributed by atoms with Gasteiger partial charge >= 0.3 is 5.97 Å². The van der Waals surface area contributed by atoms with Gasteiger partial charge in [-0.05, 0) is 36.2 Å². The van der Waals surface area contributed by atoms with Crippen molar-refractivity contribution in [3.05, 3.63) is 53.6 Å². The third-order valence-corrected chi connectivity index (χ3v) is 3.83. The maximum absolute atomic E-state index is 12.4. The number of hydrogen-bond donors (Lipinski definition) is 2. The first-order chi connectivity index (χ1) is 11.9. The number of carbonyl (C=O) groups is 2. The molecule has 0 aliphatic heterocycles. The number of carbonyl (C=O) groups excluding carboxylic acids is 1. The van der Waals surface area contributed by atoms with Crippen molar-refractivity contribution in [2.75, 3.05) is 19.5 Å². The fourth-order valence-corrected chi connectivity index (χ4v) is 2.35. The summed E-state index contributed by atoms with van der Waals surface area (Å²) in [6.07, 6.45) is 0.440. The van der Waals surface area contributed by atoms with E-state index < -0.39 is 11.9 Å². The van der Waals surface area contributed by atoms with E-state index in [0.29, 0.717) is 29.2 Å². The first-order valence-corrected chi connectivity index (χ1v) is 7.79. The lowest BCUT2D eigenvalue weighted by atomic mass is 10.0. The normalized spacial score (nSPS) is 11.5. The summed E-state index contributed by atoms with van der Waals surface area (Å²) in [6.45, 7) is 1.66. The van der Waals surface area contributed by atoms with Crippen molar-refractivity contribution in [2.45, 2.75) is 13.3 Å². The molecule has 0 saturated carbocycles. The highest BCUT2D eigenvalue weighted by Crippen LogP contribution is 2.25. The minimum atomic E-state index is -0.830. The van der Waals surface area contributed by atoms with Crippen LogP contribution in [0.25, 0.3) is 0 Å². The number of rotatable bonds is 7. The lowest BCUT2D eigenvalue weighted by molar-refractivity contribution is -0.141. The molecule has 2 N–H and O–H groups in total. The van der Waals surface area contributed by atoms with Crippen LogP contribution in [-0.4, -0.2) is 31.2 Å². The quantitative estimate of drug-likeness (QED) is 0.806. The van der Waals surface area contributed by atoms with E-state index in [9.17, 15) is 9.59 Å². The molecule has 132 valence electrons. The van der Waals surface area contributed by atoms with Crippen LogP contribution in [0.4, 0.5) is 5.69 Å². The molecule has 0 spiro atoms. The van der Waals surface area contributed by atoms with Crippen molar-refractivity contribution in [2.24, 2.45) is 5.92 Å². The first-order valence-electron chi connectivity index (χ1n) is 7.79. The van der Waals surface area contributed by atoms with Crippen LogP contribution in [0.2, 0.25) is 0 Å². The van der Waals surface area contributed by atoms with Gasteiger partial charge in [0, 0.05) is 11.8 Å². The van der Waals surface area contributed by atoms with E-state index in [2.05, 4.69) is 5.32 Å². The molecule has 6 heteroatoms. The minimum absolute atomic E-state index is 0.300. The molecular formula is C19H21NO5. The van der Waals surface area contributed by atoms with Gasteiger partial charge in [0.25, 0.3) is 5.91 Å². The molecular weight excluding hydrogens is 322 g/mol. The molecule has 2 aromatic carbocycles. The van der Waals surface area contributed by atoms with Crippen LogP contribution in [-0.2, 0) is 11.2 Å². The monoisotopic (exact) mass is 343 g/mol. The summed E-state index contributed by atoms with van der Waals surface area (Å²) in [5.74, 6) is -0.562. The van der Waals surface area contributed by atoms with E-state index in [-0.39, 0.29) is 5.91 Å². The smallest absolute Gasteiger partial charge is 0.306 e. The molecule has 0 saturated heterocycles. The van der Waals surface area contributed by atoms with Crippen LogP contribution in [0.15, 0.2) is 42.5 Å². The average Bonchev–Trinajstić information content (AvgIpc) is 2.62. The minimum Gasteiger partial charge on any atom is -0.497 e. The zero-order valence-corrected chi connectivity index (χ0v) is 14.4. The molecule has 0 radical (unpaired) electrons. The number of anilines is 1. The number of amides is 1. The van der Waals surface area contributed by atoms with Gasteiger partial charge in [0.2, 0.25) is 0 Å². The van der Waals surface area contributed by atoms with Gasteiger partial charge in [-0.3, -0.25) is 9.59 Å². The van der Waals surface area contributed by atoms with Gasteiger partial charge in [-0.1, -0.05) is 19.1 Å². The Kier molecular flexibility index (Phi) is 6.00. The fourth-order valence-electron chi connectivity index (χ4n) is 2.35. The highest BCUT2D eigenvalue weighted by atomic mass is 16.5. The number of aliphatic carboxylic acids is 1. The second-order valence-corrected chi connectivity index (χ2v) is 5.66. The zero-order valence-electron chi connectivity index (χ0n) is 14.4. The maximum atomic E-state index is 12.4. The molecule has 1 amide bonds. The number of methoxy groups -OCH3 is 2. The molecule has 0 bridgehead atoms. The molecule has 2 aromatic rings. The molecule has 0 aliphatic carbocycles. The molecule has 2 rings (SSSR count). The molecule has 6 nitrogen and oxygen atoms in total. The molecule has 0 heterocycles. The largest absolute Gasteiger partial charge is 0.497 e. The molecule has 25 heavy (non-hydrogen) atoms. The van der Waals surface area contributed by atoms with Gasteiger partial charge < -0.3 is 19.9 Å². The van der Waals surface area contributed by atoms with Crippen molar-refractivity contribution in [1.82, 2.24) is 0 Å². The van der Waals surface area contributed by atoms with E-state index in [1.165, 1.54) is 7.11 Å². The predicted octanol–water partition coefficient (Wildman–Crippen LogP) is 3.22. The van der Waals surface area contributed by atoms with Gasteiger partial charge in [0.15, 0.2) is 0 Å². The summed E-state index contributed by atoms with van der Waals surface area (Å²) in [6, 6.07) is 12.1. The second kappa shape index (κ2) is 8.19. The Labute approximate surface area is 146 Å². The lowest BCUT2D eigenvalue weighted by Crippen LogP contribution is -2.14. The van der Waals surface area contributed by atoms with Crippen molar-refractivity contribution >= 4 is 17.6 Å². The molecule has 1 atom stereocenters. The van der Waals surface area contributed by atoms with Gasteiger partial charge in [0.1, 0.15) is 11.5 Å². The zero-order chi connectivity index (χ0) is 18.4. The third-order valence-electron chi connectivity index (χ3n) is 3.83. The summed E-state index contributed by atoms with van der Waals surface area (Å²) >= 11 is 0. The van der Waals surface area contributed by atoms with Crippen LogP contribution in [0.1, 0.15) is 22.8 Å². The fraction of sp³-hybridized carbons (Fsp3) is 0.263. The van der Waals surface area contributed by atoms with Crippen molar-refractivity contribution < 1.29 is 24.2 Å². The van der Waals surface area contributed by atoms with Crippen LogP contribution in [0.5, 0.6) is 11.5 Å². The molecule has 0 aliphatic rings. The number of hydrogen-bond acceptors (Lipinski definition) is 4. The number of carboxylic acid groups (broad SMARTS) is 1. The Hall–Kier alpha value is -3.02. The molecule has 0 aromatic heterocycles. The van der Waals surface area contributed by atoms with Crippen molar-refractivity contribution in [1.29, 1.82) is 0 Å². The summed E-state index contributed by atoms with van der Waals surface area (Å²) in [4.78, 5) is 23.3. The topological polar surface area (TPSA) is 84.9 Å². The molecule has 1 unspecified atom stereocenters. The Bertz CT molecular complexity index is 755. The number of benzene rings is 2. The van der Waals surface area contributed by atoms with E-state index in [1.54, 1.807) is 56.5 Å². The van der Waals surface area contributed by atoms with Crippen LogP contribution < -0.4 is 14.8 Å². The van der Waals surface area contributed by atoms with Crippen molar-refractivity contribution in [3.8, 4) is 11.5 Å². The predicted molar refractivity (Wildman–Crippen MR) is 94.4 cm³/mol. The third kappa shape index (κ3) is 4.73. The highest BCUT2D eigenvalue weighted by Gasteiger charge is 2.14. The van der Waals surface area contributed by atoms with E-state index in [0.717, 1.165) is 5.56 Å². The summed E-state index contributed by atoms with van der Waals surface area (Å²) in [5.41, 5.74) is 1.91. The maximum Gasteiger partial charge on any atom is 0.306 e. The Morgan fingerprint density at radius 3 is 2.32 bits per heavy atom. The Balaban J connectivity index is 2.09. The molecule has 0 fully saturated rings. The van der Waals surface area contributed by atoms with Crippen LogP contribution in [0.3, 0.4) is 0 Å². The van der Waals surface area contributed by atoms with E-state index >= 15 is 0 Å². The van der Waals surface area contributed by atoms with Crippen LogP contribution in [0, 0.1) is 5.92 Å². The lowest BCUT2D eigenvalue weighted by Gasteiger charge is -2.11. The highest BCUT2D eigenvalue weighted by molar-refractivity contribution is 6.06. The van der Waals surface area contributed by atoms with Gasteiger partial charge in [-0.15, -0.1) is 0 Å². The van der Waals surface area contributed by atoms with Gasteiger partial charge in [-0.2, -0.15) is 0 Å². The number of nitrogens with one attached hydrogen (secondary N) is 1. The SMILES string of the molecule is COc1ccc(C(=O)Nc2ccc(CC(C)C(=O)O)cc2)c(OC)c1. The summed E-state index contributed by atoms with van der Waals surface area (Å²) in [5, 5.41) is 11.7. The number of ether oxygens (including phenoxy) is 2. The Morgan fingerprint density at radius 2 is 1.76 bits per heavy atom. The van der Waals surface area contributed by atoms with Crippen LogP contribution >= 0.6 is 0 Å². The summed E-state index contributed by atoms with van der Waals surface area (Å²) < 4.78 is 10.4. The standard InChI is InChI=1S/C19H21NO5/c1-12(19(22)23)10-13-4-6-14(7-5-13)20-18(21)16-9-8-15(24-2)11-17(16)25-3/h4-9,11-12H,10H2,1-3H3,(H,20,21)(H,22,23).